The van der Waals surface area contributed by atoms with Crippen molar-refractivity contribution in [2.45, 2.75) is 31.7 Å². The normalized spacial score (nSPS) is 14.4. The molecule has 0 spiro atoms. The molecular weight excluding hydrogens is 422 g/mol. The Morgan fingerprint density at radius 2 is 1.76 bits per heavy atom. The van der Waals surface area contributed by atoms with Gasteiger partial charge in [-0.1, -0.05) is 30.3 Å². The molecule has 0 aliphatic carbocycles. The van der Waals surface area contributed by atoms with Crippen LogP contribution in [0.1, 0.15) is 24.8 Å². The number of aryl methyl sites for hydroxylation is 1. The van der Waals surface area contributed by atoms with Crippen LogP contribution in [-0.4, -0.2) is 39.3 Å². The van der Waals surface area contributed by atoms with Crippen LogP contribution in [0, 0.1) is 10.1 Å². The number of amides is 2. The first-order chi connectivity index (χ1) is 16.0. The number of imide groups is 1. The maximum absolute atomic E-state index is 12.3. The lowest BCUT2D eigenvalue weighted by atomic mass is 10.0. The summed E-state index contributed by atoms with van der Waals surface area (Å²) in [6, 6.07) is 17.1. The van der Waals surface area contributed by atoms with E-state index in [9.17, 15) is 19.7 Å². The number of ether oxygens (including phenoxy) is 1. The fourth-order valence-corrected chi connectivity index (χ4v) is 3.90. The van der Waals surface area contributed by atoms with Crippen LogP contribution in [0.5, 0.6) is 5.75 Å². The molecule has 1 aliphatic rings. The summed E-state index contributed by atoms with van der Waals surface area (Å²) in [7, 11) is 0. The largest absolute Gasteiger partial charge is 0.491 e. The van der Waals surface area contributed by atoms with Crippen LogP contribution in [0.3, 0.4) is 0 Å². The molecule has 2 amide bonds. The number of carbonyl (C=O) groups is 2. The maximum Gasteiger partial charge on any atom is 0.270 e. The number of non-ortho nitro benzene ring substituents is 1. The lowest BCUT2D eigenvalue weighted by molar-refractivity contribution is -0.384. The van der Waals surface area contributed by atoms with Gasteiger partial charge in [-0.3, -0.25) is 29.6 Å². The van der Waals surface area contributed by atoms with Crippen molar-refractivity contribution in [3.05, 3.63) is 88.7 Å². The number of hydrogen-bond acceptors (Lipinski definition) is 6. The van der Waals surface area contributed by atoms with Crippen LogP contribution in [0.15, 0.2) is 73.1 Å². The number of pyridine rings is 1. The number of nitro benzene ring substituents is 1. The molecule has 3 aromatic rings. The Morgan fingerprint density at radius 3 is 2.42 bits per heavy atom. The molecule has 0 N–H and O–H groups in total. The molecule has 4 rings (SSSR count). The summed E-state index contributed by atoms with van der Waals surface area (Å²) in [5, 5.41) is 11.0. The summed E-state index contributed by atoms with van der Waals surface area (Å²) in [6.45, 7) is 0.188. The molecule has 8 heteroatoms. The predicted molar refractivity (Wildman–Crippen MR) is 121 cm³/mol. The van der Waals surface area contributed by atoms with Crippen LogP contribution in [0.25, 0.3) is 11.1 Å². The summed E-state index contributed by atoms with van der Waals surface area (Å²) in [5.41, 5.74) is 2.62. The van der Waals surface area contributed by atoms with Gasteiger partial charge in [-0.2, -0.15) is 0 Å². The molecule has 2 heterocycles. The minimum Gasteiger partial charge on any atom is -0.491 e. The second-order valence-corrected chi connectivity index (χ2v) is 7.85. The molecule has 0 saturated carbocycles. The minimum absolute atomic E-state index is 0.0317. The molecule has 0 radical (unpaired) electrons. The third-order valence-electron chi connectivity index (χ3n) is 5.63. The Balaban J connectivity index is 1.44. The van der Waals surface area contributed by atoms with Crippen molar-refractivity contribution in [2.75, 3.05) is 6.61 Å². The zero-order chi connectivity index (χ0) is 23.2. The Morgan fingerprint density at radius 1 is 1.00 bits per heavy atom. The molecule has 1 aromatic heterocycles. The van der Waals surface area contributed by atoms with E-state index >= 15 is 0 Å². The summed E-state index contributed by atoms with van der Waals surface area (Å²) in [6.07, 6.45) is 5.20. The van der Waals surface area contributed by atoms with Crippen molar-refractivity contribution < 1.29 is 19.2 Å². The highest BCUT2D eigenvalue weighted by molar-refractivity contribution is 6.02. The summed E-state index contributed by atoms with van der Waals surface area (Å²) >= 11 is 0. The molecule has 1 fully saturated rings. The number of rotatable bonds is 9. The summed E-state index contributed by atoms with van der Waals surface area (Å²) in [5.74, 6) is 0.260. The van der Waals surface area contributed by atoms with Gasteiger partial charge in [-0.15, -0.1) is 0 Å². The van der Waals surface area contributed by atoms with Gasteiger partial charge >= 0.3 is 0 Å². The number of nitrogens with zero attached hydrogens (tertiary/aromatic N) is 3. The maximum atomic E-state index is 12.3. The predicted octanol–water partition coefficient (Wildman–Crippen LogP) is 4.19. The van der Waals surface area contributed by atoms with Gasteiger partial charge in [-0.05, 0) is 47.7 Å². The van der Waals surface area contributed by atoms with E-state index in [0.29, 0.717) is 18.6 Å². The van der Waals surface area contributed by atoms with E-state index in [1.807, 2.05) is 30.3 Å². The van der Waals surface area contributed by atoms with Crippen LogP contribution in [0.2, 0.25) is 0 Å². The van der Waals surface area contributed by atoms with Gasteiger partial charge in [0.25, 0.3) is 5.69 Å². The van der Waals surface area contributed by atoms with Gasteiger partial charge in [0.05, 0.1) is 11.0 Å². The Hall–Kier alpha value is -4.07. The standard InChI is InChI=1S/C25H23N3O5/c29-24-12-13-25(30)27(24)22(9-6-18-3-2-14-26-16-18)17-33-23-10-7-19(8-11-23)20-4-1-5-21(15-20)28(31)32/h1-5,7-8,10-11,14-16,22H,6,9,12-13,17H2/t22-/m1/s1. The zero-order valence-electron chi connectivity index (χ0n) is 17.9. The first kappa shape index (κ1) is 22.1. The van der Waals surface area contributed by atoms with Gasteiger partial charge in [0, 0.05) is 37.4 Å². The average Bonchev–Trinajstić information content (AvgIpc) is 3.18. The van der Waals surface area contributed by atoms with E-state index < -0.39 is 4.92 Å². The van der Waals surface area contributed by atoms with E-state index in [2.05, 4.69) is 4.98 Å². The topological polar surface area (TPSA) is 103 Å². The summed E-state index contributed by atoms with van der Waals surface area (Å²) in [4.78, 5) is 40.7. The Labute approximate surface area is 191 Å². The fraction of sp³-hybridized carbons (Fsp3) is 0.240. The van der Waals surface area contributed by atoms with Crippen molar-refractivity contribution in [2.24, 2.45) is 0 Å². The smallest absolute Gasteiger partial charge is 0.270 e. The molecule has 1 aliphatic heterocycles. The molecule has 0 unspecified atom stereocenters. The van der Waals surface area contributed by atoms with Crippen molar-refractivity contribution in [1.29, 1.82) is 0 Å². The third kappa shape index (κ3) is 5.41. The van der Waals surface area contributed by atoms with Crippen LogP contribution < -0.4 is 4.74 Å². The molecule has 168 valence electrons. The number of aromatic nitrogens is 1. The highest BCUT2D eigenvalue weighted by Gasteiger charge is 2.35. The number of hydrogen-bond donors (Lipinski definition) is 0. The quantitative estimate of drug-likeness (QED) is 0.278. The Kier molecular flexibility index (Phi) is 6.73. The first-order valence-corrected chi connectivity index (χ1v) is 10.7. The molecular formula is C25H23N3O5. The lowest BCUT2D eigenvalue weighted by Crippen LogP contribution is -2.43. The lowest BCUT2D eigenvalue weighted by Gasteiger charge is -2.26. The highest BCUT2D eigenvalue weighted by Crippen LogP contribution is 2.26. The van der Waals surface area contributed by atoms with E-state index in [1.54, 1.807) is 30.6 Å². The highest BCUT2D eigenvalue weighted by atomic mass is 16.6. The molecule has 8 nitrogen and oxygen atoms in total. The van der Waals surface area contributed by atoms with Crippen molar-refractivity contribution >= 4 is 17.5 Å². The number of nitro groups is 1. The fourth-order valence-electron chi connectivity index (χ4n) is 3.90. The molecule has 1 saturated heterocycles. The monoisotopic (exact) mass is 445 g/mol. The van der Waals surface area contributed by atoms with Crippen LogP contribution >= 0.6 is 0 Å². The third-order valence-corrected chi connectivity index (χ3v) is 5.63. The summed E-state index contributed by atoms with van der Waals surface area (Å²) < 4.78 is 5.95. The average molecular weight is 445 g/mol. The second kappa shape index (κ2) is 10.0. The van der Waals surface area contributed by atoms with Crippen molar-refractivity contribution in [1.82, 2.24) is 9.88 Å². The first-order valence-electron chi connectivity index (χ1n) is 10.7. The number of benzene rings is 2. The van der Waals surface area contributed by atoms with E-state index in [-0.39, 0.29) is 43.0 Å². The number of carbonyl (C=O) groups excluding carboxylic acids is 2. The Bertz CT molecular complexity index is 1130. The molecule has 33 heavy (non-hydrogen) atoms. The zero-order valence-corrected chi connectivity index (χ0v) is 17.9. The van der Waals surface area contributed by atoms with Crippen molar-refractivity contribution in [3.63, 3.8) is 0 Å². The van der Waals surface area contributed by atoms with E-state index in [0.717, 1.165) is 16.7 Å². The molecule has 0 bridgehead atoms. The van der Waals surface area contributed by atoms with Crippen LogP contribution in [-0.2, 0) is 16.0 Å². The number of likely N-dealkylation sites (tertiary alicyclic amines) is 1. The molecule has 1 atom stereocenters. The molecule has 2 aromatic carbocycles. The van der Waals surface area contributed by atoms with Gasteiger partial charge in [0.1, 0.15) is 12.4 Å². The SMILES string of the molecule is O=C1CCC(=O)N1[C@H](CCc1cccnc1)COc1ccc(-c2cccc([N+](=O)[O-])c2)cc1. The van der Waals surface area contributed by atoms with Gasteiger partial charge in [0.15, 0.2) is 0 Å². The second-order valence-electron chi connectivity index (χ2n) is 7.85. The van der Waals surface area contributed by atoms with Crippen molar-refractivity contribution in [3.8, 4) is 16.9 Å². The van der Waals surface area contributed by atoms with E-state index in [4.69, 9.17) is 4.74 Å². The van der Waals surface area contributed by atoms with Crippen LogP contribution in [0.4, 0.5) is 5.69 Å². The van der Waals surface area contributed by atoms with Gasteiger partial charge in [0.2, 0.25) is 11.8 Å². The minimum atomic E-state index is -0.423. The van der Waals surface area contributed by atoms with Gasteiger partial charge < -0.3 is 4.74 Å². The van der Waals surface area contributed by atoms with E-state index in [1.165, 1.54) is 17.0 Å². The van der Waals surface area contributed by atoms with Gasteiger partial charge in [-0.25, -0.2) is 0 Å².